The van der Waals surface area contributed by atoms with E-state index in [0.717, 1.165) is 45.6 Å². The number of fused-ring (bicyclic) bond motifs is 3. The molecule has 1 fully saturated rings. The van der Waals surface area contributed by atoms with Crippen LogP contribution in [0.25, 0.3) is 28.1 Å². The number of hydrogen-bond donors (Lipinski definition) is 1. The lowest BCUT2D eigenvalue weighted by atomic mass is 10.1. The van der Waals surface area contributed by atoms with Gasteiger partial charge in [0.1, 0.15) is 11.4 Å². The summed E-state index contributed by atoms with van der Waals surface area (Å²) in [5.41, 5.74) is 4.57. The largest absolute Gasteiger partial charge is 0.333 e. The predicted molar refractivity (Wildman–Crippen MR) is 123 cm³/mol. The van der Waals surface area contributed by atoms with Crippen LogP contribution in [0.1, 0.15) is 36.7 Å². The van der Waals surface area contributed by atoms with Crippen molar-refractivity contribution in [1.82, 2.24) is 14.0 Å². The topological polar surface area (TPSA) is 43.7 Å². The zero-order chi connectivity index (χ0) is 20.7. The minimum atomic E-state index is 0.0324. The third-order valence-corrected chi connectivity index (χ3v) is 6.74. The SMILES string of the molecule is CC(=O)c1c(-c2ccc(Br)cc2)nc2n(CC[NH+]3CCCCC3)c3ccccc3n12. The molecule has 0 atom stereocenters. The fourth-order valence-electron chi connectivity index (χ4n) is 4.73. The third kappa shape index (κ3) is 3.38. The highest BCUT2D eigenvalue weighted by Crippen LogP contribution is 2.30. The number of benzene rings is 2. The number of nitrogens with zero attached hydrogens (tertiary/aromatic N) is 3. The fraction of sp³-hybridized carbons (Fsp3) is 0.333. The first-order valence-corrected chi connectivity index (χ1v) is 11.5. The molecule has 3 heterocycles. The van der Waals surface area contributed by atoms with Gasteiger partial charge in [-0.05, 0) is 43.5 Å². The number of likely N-dealkylation sites (tertiary alicyclic amines) is 1. The molecule has 1 aliphatic rings. The Bertz CT molecular complexity index is 1220. The molecule has 0 aliphatic carbocycles. The number of hydrogen-bond acceptors (Lipinski definition) is 2. The van der Waals surface area contributed by atoms with E-state index in [1.165, 1.54) is 32.4 Å². The normalized spacial score (nSPS) is 15.3. The Hall–Kier alpha value is -2.44. The van der Waals surface area contributed by atoms with Crippen molar-refractivity contribution >= 4 is 38.5 Å². The van der Waals surface area contributed by atoms with Gasteiger partial charge in [-0.3, -0.25) is 9.20 Å². The average Bonchev–Trinajstić information content (AvgIpc) is 3.29. The Kier molecular flexibility index (Phi) is 5.21. The van der Waals surface area contributed by atoms with Crippen LogP contribution in [0.5, 0.6) is 0 Å². The summed E-state index contributed by atoms with van der Waals surface area (Å²) in [4.78, 5) is 19.4. The van der Waals surface area contributed by atoms with Crippen molar-refractivity contribution in [2.45, 2.75) is 32.7 Å². The monoisotopic (exact) mass is 465 g/mol. The fourth-order valence-corrected chi connectivity index (χ4v) is 5.00. The van der Waals surface area contributed by atoms with Gasteiger partial charge >= 0.3 is 0 Å². The Labute approximate surface area is 184 Å². The summed E-state index contributed by atoms with van der Waals surface area (Å²) in [5, 5.41) is 0. The second-order valence-electron chi connectivity index (χ2n) is 8.21. The van der Waals surface area contributed by atoms with Gasteiger partial charge in [-0.15, -0.1) is 0 Å². The maximum absolute atomic E-state index is 12.8. The van der Waals surface area contributed by atoms with E-state index in [2.05, 4.69) is 43.1 Å². The summed E-state index contributed by atoms with van der Waals surface area (Å²) < 4.78 is 5.37. The molecule has 0 radical (unpaired) electrons. The van der Waals surface area contributed by atoms with Crippen LogP contribution in [0.2, 0.25) is 0 Å². The molecule has 6 heteroatoms. The highest BCUT2D eigenvalue weighted by atomic mass is 79.9. The highest BCUT2D eigenvalue weighted by Gasteiger charge is 2.24. The van der Waals surface area contributed by atoms with E-state index in [1.807, 2.05) is 30.3 Å². The van der Waals surface area contributed by atoms with Crippen LogP contribution in [0, 0.1) is 0 Å². The number of quaternary nitrogens is 1. The van der Waals surface area contributed by atoms with Gasteiger partial charge in [-0.1, -0.05) is 40.2 Å². The van der Waals surface area contributed by atoms with Crippen molar-refractivity contribution in [3.8, 4) is 11.3 Å². The summed E-state index contributed by atoms with van der Waals surface area (Å²) in [6, 6.07) is 16.3. The first-order chi connectivity index (χ1) is 14.6. The van der Waals surface area contributed by atoms with Gasteiger partial charge < -0.3 is 9.47 Å². The molecule has 1 saturated heterocycles. The smallest absolute Gasteiger partial charge is 0.216 e. The molecule has 4 aromatic rings. The van der Waals surface area contributed by atoms with Gasteiger partial charge in [-0.2, -0.15) is 0 Å². The van der Waals surface area contributed by atoms with Crippen LogP contribution in [-0.4, -0.2) is 39.4 Å². The Morgan fingerprint density at radius 1 is 1.03 bits per heavy atom. The summed E-state index contributed by atoms with van der Waals surface area (Å²) in [6.07, 6.45) is 4.00. The number of Topliss-reactive ketones (excluding diaryl/α,β-unsaturated/α-hetero) is 1. The number of halogens is 1. The maximum Gasteiger partial charge on any atom is 0.216 e. The highest BCUT2D eigenvalue weighted by molar-refractivity contribution is 9.10. The van der Waals surface area contributed by atoms with Gasteiger partial charge in [0.2, 0.25) is 5.78 Å². The number of nitrogens with one attached hydrogen (secondary N) is 1. The van der Waals surface area contributed by atoms with Crippen LogP contribution in [-0.2, 0) is 6.54 Å². The molecule has 2 aromatic carbocycles. The number of ketones is 1. The lowest BCUT2D eigenvalue weighted by Crippen LogP contribution is -3.13. The molecule has 0 saturated carbocycles. The molecule has 2 aromatic heterocycles. The minimum absolute atomic E-state index is 0.0324. The number of carbonyl (C=O) groups is 1. The minimum Gasteiger partial charge on any atom is -0.333 e. The van der Waals surface area contributed by atoms with Crippen molar-refractivity contribution in [1.29, 1.82) is 0 Å². The Morgan fingerprint density at radius 2 is 1.73 bits per heavy atom. The second-order valence-corrected chi connectivity index (χ2v) is 9.12. The van der Waals surface area contributed by atoms with E-state index in [0.29, 0.717) is 5.69 Å². The van der Waals surface area contributed by atoms with E-state index in [-0.39, 0.29) is 5.78 Å². The molecule has 154 valence electrons. The van der Waals surface area contributed by atoms with E-state index in [1.54, 1.807) is 11.8 Å². The van der Waals surface area contributed by atoms with Crippen LogP contribution in [0.15, 0.2) is 53.0 Å². The number of rotatable bonds is 5. The van der Waals surface area contributed by atoms with Crippen molar-refractivity contribution in [3.05, 3.63) is 58.7 Å². The lowest BCUT2D eigenvalue weighted by molar-refractivity contribution is -0.905. The van der Waals surface area contributed by atoms with Crippen molar-refractivity contribution in [2.75, 3.05) is 19.6 Å². The third-order valence-electron chi connectivity index (χ3n) is 6.22. The molecule has 5 rings (SSSR count). The molecule has 0 amide bonds. The van der Waals surface area contributed by atoms with Crippen molar-refractivity contribution < 1.29 is 9.69 Å². The number of para-hydroxylation sites is 2. The molecule has 0 bridgehead atoms. The van der Waals surface area contributed by atoms with Gasteiger partial charge in [0.15, 0.2) is 5.78 Å². The molecule has 0 spiro atoms. The summed E-state index contributed by atoms with van der Waals surface area (Å²) in [6.45, 7) is 6.14. The summed E-state index contributed by atoms with van der Waals surface area (Å²) in [5.74, 6) is 0.890. The quantitative estimate of drug-likeness (QED) is 0.452. The predicted octanol–water partition coefficient (Wildman–Crippen LogP) is 3.99. The van der Waals surface area contributed by atoms with Crippen molar-refractivity contribution in [3.63, 3.8) is 0 Å². The molecule has 1 aliphatic heterocycles. The molecule has 1 N–H and O–H groups in total. The van der Waals surface area contributed by atoms with Gasteiger partial charge in [-0.25, -0.2) is 4.98 Å². The second kappa shape index (κ2) is 8.00. The zero-order valence-corrected chi connectivity index (χ0v) is 18.8. The lowest BCUT2D eigenvalue weighted by Gasteiger charge is -2.23. The molecular weight excluding hydrogens is 440 g/mol. The van der Waals surface area contributed by atoms with Crippen LogP contribution in [0.3, 0.4) is 0 Å². The number of piperidine rings is 1. The summed E-state index contributed by atoms with van der Waals surface area (Å²) >= 11 is 3.50. The van der Waals surface area contributed by atoms with Crippen molar-refractivity contribution in [2.24, 2.45) is 0 Å². The zero-order valence-electron chi connectivity index (χ0n) is 17.2. The first kappa shape index (κ1) is 19.5. The van der Waals surface area contributed by atoms with Gasteiger partial charge in [0.05, 0.1) is 37.2 Å². The summed E-state index contributed by atoms with van der Waals surface area (Å²) in [7, 11) is 0. The van der Waals surface area contributed by atoms with Gasteiger partial charge in [0.25, 0.3) is 0 Å². The maximum atomic E-state index is 12.8. The standard InChI is InChI=1S/C24H25BrN4O/c1-17(30)23-22(18-9-11-19(25)12-10-18)26-24-28(16-15-27-13-5-2-6-14-27)20-7-3-4-8-21(20)29(23)24/h3-4,7-12H,2,5-6,13-16H2,1H3/p+1. The van der Waals surface area contributed by atoms with E-state index in [9.17, 15) is 4.79 Å². The van der Waals surface area contributed by atoms with E-state index >= 15 is 0 Å². The molecular formula is C24H26BrN4O+. The Balaban J connectivity index is 1.67. The van der Waals surface area contributed by atoms with Gasteiger partial charge in [0, 0.05) is 17.0 Å². The number of imidazole rings is 2. The molecule has 5 nitrogen and oxygen atoms in total. The Morgan fingerprint density at radius 3 is 2.43 bits per heavy atom. The van der Waals surface area contributed by atoms with Crippen LogP contribution < -0.4 is 4.90 Å². The average molecular weight is 466 g/mol. The van der Waals surface area contributed by atoms with E-state index in [4.69, 9.17) is 4.98 Å². The first-order valence-electron chi connectivity index (χ1n) is 10.7. The van der Waals surface area contributed by atoms with Crippen LogP contribution in [0.4, 0.5) is 0 Å². The van der Waals surface area contributed by atoms with Crippen LogP contribution >= 0.6 is 15.9 Å². The molecule has 0 unspecified atom stereocenters. The number of aromatic nitrogens is 3. The van der Waals surface area contributed by atoms with E-state index < -0.39 is 0 Å². The molecule has 30 heavy (non-hydrogen) atoms. The number of carbonyl (C=O) groups excluding carboxylic acids is 1.